The zero-order chi connectivity index (χ0) is 9.84. The minimum atomic E-state index is 0.445. The van der Waals surface area contributed by atoms with Crippen molar-refractivity contribution in [1.29, 1.82) is 0 Å². The average Bonchev–Trinajstić information content (AvgIpc) is 2.43. The molecule has 0 atom stereocenters. The summed E-state index contributed by atoms with van der Waals surface area (Å²) in [7, 11) is 3.56. The number of aromatic nitrogens is 2. The maximum absolute atomic E-state index is 5.50. The third-order valence-electron chi connectivity index (χ3n) is 1.95. The molecular weight excluding hydrogens is 166 g/mol. The van der Waals surface area contributed by atoms with E-state index in [0.29, 0.717) is 12.5 Å². The van der Waals surface area contributed by atoms with E-state index in [1.807, 2.05) is 24.9 Å². The van der Waals surface area contributed by atoms with Crippen LogP contribution < -0.4 is 11.1 Å². The lowest BCUT2D eigenvalue weighted by Gasteiger charge is -2.05. The number of nitrogens with two attached hydrogens (primary N) is 1. The van der Waals surface area contributed by atoms with Gasteiger partial charge in [-0.25, -0.2) is 0 Å². The number of nitrogens with one attached hydrogen (secondary N) is 1. The van der Waals surface area contributed by atoms with Crippen LogP contribution in [0.4, 0.5) is 0 Å². The monoisotopic (exact) mass is 181 g/mol. The zero-order valence-electron chi connectivity index (χ0n) is 8.20. The van der Waals surface area contributed by atoms with Crippen molar-refractivity contribution in [1.82, 2.24) is 15.1 Å². The molecule has 3 N–H and O–H groups in total. The van der Waals surface area contributed by atoms with Crippen LogP contribution in [-0.4, -0.2) is 22.8 Å². The van der Waals surface area contributed by atoms with Crippen molar-refractivity contribution in [2.45, 2.75) is 13.5 Å². The van der Waals surface area contributed by atoms with Gasteiger partial charge in [-0.05, 0) is 12.5 Å². The van der Waals surface area contributed by atoms with Gasteiger partial charge in [0.25, 0.3) is 0 Å². The molecule has 0 saturated carbocycles. The van der Waals surface area contributed by atoms with Crippen LogP contribution in [0.25, 0.3) is 0 Å². The third-order valence-corrected chi connectivity index (χ3v) is 1.95. The second-order valence-corrected chi connectivity index (χ2v) is 2.86. The summed E-state index contributed by atoms with van der Waals surface area (Å²) in [6.07, 6.45) is 1.83. The molecule has 0 saturated heterocycles. The van der Waals surface area contributed by atoms with Crippen LogP contribution in [0, 0.1) is 6.92 Å². The van der Waals surface area contributed by atoms with Crippen molar-refractivity contribution in [2.24, 2.45) is 17.8 Å². The largest absolute Gasteiger partial charge is 0.370 e. The highest BCUT2D eigenvalue weighted by Gasteiger charge is 2.03. The number of nitrogens with zero attached hydrogens (tertiary/aromatic N) is 3. The molecule has 1 aromatic heterocycles. The quantitative estimate of drug-likeness (QED) is 0.489. The Hall–Kier alpha value is -1.52. The molecule has 0 aliphatic carbocycles. The zero-order valence-corrected chi connectivity index (χ0v) is 8.20. The molecule has 0 fully saturated rings. The van der Waals surface area contributed by atoms with Gasteiger partial charge in [0.1, 0.15) is 0 Å². The lowest BCUT2D eigenvalue weighted by atomic mass is 10.3. The summed E-state index contributed by atoms with van der Waals surface area (Å²) in [6, 6.07) is 0. The normalized spacial score (nSPS) is 11.8. The number of guanidine groups is 1. The van der Waals surface area contributed by atoms with Gasteiger partial charge in [-0.3, -0.25) is 9.67 Å². The summed E-state index contributed by atoms with van der Waals surface area (Å²) in [5, 5.41) is 7.10. The molecule has 0 aromatic carbocycles. The van der Waals surface area contributed by atoms with E-state index in [-0.39, 0.29) is 0 Å². The van der Waals surface area contributed by atoms with Gasteiger partial charge in [-0.1, -0.05) is 0 Å². The number of rotatable bonds is 2. The van der Waals surface area contributed by atoms with Crippen LogP contribution in [0.15, 0.2) is 11.2 Å². The second kappa shape index (κ2) is 3.93. The first-order chi connectivity index (χ1) is 6.15. The Morgan fingerprint density at radius 1 is 1.77 bits per heavy atom. The number of hydrogen-bond acceptors (Lipinski definition) is 2. The Kier molecular flexibility index (Phi) is 2.89. The van der Waals surface area contributed by atoms with Gasteiger partial charge >= 0.3 is 0 Å². The van der Waals surface area contributed by atoms with Gasteiger partial charge in [0.2, 0.25) is 0 Å². The number of aliphatic imine (C=N–C) groups is 1. The molecule has 1 aromatic rings. The van der Waals surface area contributed by atoms with E-state index in [2.05, 4.69) is 15.4 Å². The summed E-state index contributed by atoms with van der Waals surface area (Å²) in [5.74, 6) is 0.445. The molecular formula is C8H15N5. The average molecular weight is 181 g/mol. The molecule has 0 unspecified atom stereocenters. The molecule has 0 bridgehead atoms. The first kappa shape index (κ1) is 9.57. The third kappa shape index (κ3) is 2.21. The van der Waals surface area contributed by atoms with Crippen LogP contribution in [0.3, 0.4) is 0 Å². The lowest BCUT2D eigenvalue weighted by Crippen LogP contribution is -2.31. The van der Waals surface area contributed by atoms with E-state index in [0.717, 1.165) is 11.3 Å². The molecule has 1 heterocycles. The predicted molar refractivity (Wildman–Crippen MR) is 52.3 cm³/mol. The van der Waals surface area contributed by atoms with Crippen LogP contribution in [0.2, 0.25) is 0 Å². The van der Waals surface area contributed by atoms with Crippen LogP contribution in [-0.2, 0) is 13.6 Å². The summed E-state index contributed by atoms with van der Waals surface area (Å²) in [6.45, 7) is 2.68. The van der Waals surface area contributed by atoms with E-state index in [1.165, 1.54) is 0 Å². The fraction of sp³-hybridized carbons (Fsp3) is 0.500. The minimum Gasteiger partial charge on any atom is -0.370 e. The van der Waals surface area contributed by atoms with E-state index in [9.17, 15) is 0 Å². The van der Waals surface area contributed by atoms with E-state index < -0.39 is 0 Å². The first-order valence-electron chi connectivity index (χ1n) is 4.08. The van der Waals surface area contributed by atoms with Crippen molar-refractivity contribution in [3.8, 4) is 0 Å². The summed E-state index contributed by atoms with van der Waals surface area (Å²) >= 11 is 0. The van der Waals surface area contributed by atoms with Gasteiger partial charge < -0.3 is 11.1 Å². The van der Waals surface area contributed by atoms with Crippen molar-refractivity contribution < 1.29 is 0 Å². The summed E-state index contributed by atoms with van der Waals surface area (Å²) in [5.41, 5.74) is 7.77. The molecule has 0 aliphatic heterocycles. The molecule has 5 heteroatoms. The molecule has 0 aliphatic rings. The van der Waals surface area contributed by atoms with E-state index >= 15 is 0 Å². The highest BCUT2D eigenvalue weighted by molar-refractivity contribution is 5.77. The molecule has 1 rings (SSSR count). The fourth-order valence-corrected chi connectivity index (χ4v) is 1.08. The molecule has 0 radical (unpaired) electrons. The van der Waals surface area contributed by atoms with Crippen LogP contribution in [0.5, 0.6) is 0 Å². The molecule has 72 valence electrons. The molecule has 5 nitrogen and oxygen atoms in total. The van der Waals surface area contributed by atoms with Gasteiger partial charge in [0, 0.05) is 14.1 Å². The van der Waals surface area contributed by atoms with E-state index in [1.54, 1.807) is 7.05 Å². The second-order valence-electron chi connectivity index (χ2n) is 2.86. The lowest BCUT2D eigenvalue weighted by molar-refractivity contribution is 0.689. The van der Waals surface area contributed by atoms with Gasteiger partial charge in [-0.2, -0.15) is 5.10 Å². The minimum absolute atomic E-state index is 0.445. The van der Waals surface area contributed by atoms with Crippen molar-refractivity contribution in [3.63, 3.8) is 0 Å². The summed E-state index contributed by atoms with van der Waals surface area (Å²) < 4.78 is 1.82. The molecule has 0 amide bonds. The van der Waals surface area contributed by atoms with Gasteiger partial charge in [0.05, 0.1) is 18.4 Å². The Morgan fingerprint density at radius 2 is 2.46 bits per heavy atom. The Labute approximate surface area is 77.6 Å². The number of aryl methyl sites for hydroxylation is 2. The maximum atomic E-state index is 5.50. The number of hydrogen-bond donors (Lipinski definition) is 2. The Morgan fingerprint density at radius 3 is 2.92 bits per heavy atom. The SMILES string of the molecule is CN=C(N)NCc1c(C)cnn1C. The van der Waals surface area contributed by atoms with Crippen LogP contribution in [0.1, 0.15) is 11.3 Å². The highest BCUT2D eigenvalue weighted by atomic mass is 15.3. The Balaban J connectivity index is 2.64. The van der Waals surface area contributed by atoms with Crippen LogP contribution >= 0.6 is 0 Å². The highest BCUT2D eigenvalue weighted by Crippen LogP contribution is 2.03. The molecule has 13 heavy (non-hydrogen) atoms. The van der Waals surface area contributed by atoms with E-state index in [4.69, 9.17) is 5.73 Å². The van der Waals surface area contributed by atoms with Crippen molar-refractivity contribution >= 4 is 5.96 Å². The maximum Gasteiger partial charge on any atom is 0.188 e. The fourth-order valence-electron chi connectivity index (χ4n) is 1.08. The summed E-state index contributed by atoms with van der Waals surface area (Å²) in [4.78, 5) is 3.80. The standard InChI is InChI=1S/C8H15N5/c1-6-4-12-13(3)7(6)5-11-8(9)10-2/h4H,5H2,1-3H3,(H3,9,10,11). The van der Waals surface area contributed by atoms with Gasteiger partial charge in [0.15, 0.2) is 5.96 Å². The van der Waals surface area contributed by atoms with Gasteiger partial charge in [-0.15, -0.1) is 0 Å². The predicted octanol–water partition coefficient (Wildman–Crippen LogP) is -0.237. The van der Waals surface area contributed by atoms with Crippen molar-refractivity contribution in [3.05, 3.63) is 17.5 Å². The Bertz CT molecular complexity index is 293. The molecule has 0 spiro atoms. The smallest absolute Gasteiger partial charge is 0.188 e. The van der Waals surface area contributed by atoms with Crippen molar-refractivity contribution in [2.75, 3.05) is 7.05 Å². The first-order valence-corrected chi connectivity index (χ1v) is 4.08. The topological polar surface area (TPSA) is 68.2 Å².